The van der Waals surface area contributed by atoms with Crippen LogP contribution in [-0.4, -0.2) is 86.0 Å². The molecule has 2 amide bonds. The zero-order valence-electron chi connectivity index (χ0n) is 16.8. The average molecular weight is 494 g/mol. The molecule has 27 heavy (non-hydrogen) atoms. The number of aliphatic imine (C=N–C) groups is 1. The van der Waals surface area contributed by atoms with Gasteiger partial charge in [0.05, 0.1) is 6.54 Å². The Labute approximate surface area is 179 Å². The van der Waals surface area contributed by atoms with Crippen molar-refractivity contribution in [1.29, 1.82) is 0 Å². The minimum Gasteiger partial charge on any atom is -0.356 e. The smallest absolute Gasteiger partial charge is 0.234 e. The fourth-order valence-corrected chi connectivity index (χ4v) is 3.00. The molecule has 1 aliphatic heterocycles. The van der Waals surface area contributed by atoms with E-state index in [1.807, 2.05) is 13.8 Å². The molecular weight excluding hydrogens is 459 g/mol. The molecule has 0 bridgehead atoms. The lowest BCUT2D eigenvalue weighted by Gasteiger charge is -2.36. The molecule has 8 nitrogen and oxygen atoms in total. The van der Waals surface area contributed by atoms with Crippen LogP contribution < -0.4 is 16.0 Å². The Balaban J connectivity index is 0.00000364. The number of rotatable bonds is 8. The van der Waals surface area contributed by atoms with Crippen LogP contribution in [0.15, 0.2) is 4.99 Å². The first kappa shape index (κ1) is 23.9. The van der Waals surface area contributed by atoms with Crippen LogP contribution in [0.1, 0.15) is 39.5 Å². The van der Waals surface area contributed by atoms with Crippen molar-refractivity contribution in [2.24, 2.45) is 4.99 Å². The number of halogens is 1. The minimum absolute atomic E-state index is 0. The normalized spacial score (nSPS) is 18.1. The third-order valence-electron chi connectivity index (χ3n) is 4.51. The number of hydrogen-bond acceptors (Lipinski definition) is 4. The molecule has 156 valence electrons. The van der Waals surface area contributed by atoms with Gasteiger partial charge < -0.3 is 20.9 Å². The molecule has 2 aliphatic rings. The Morgan fingerprint density at radius 2 is 1.78 bits per heavy atom. The number of nitrogens with zero attached hydrogens (tertiary/aromatic N) is 3. The maximum atomic E-state index is 11.9. The maximum absolute atomic E-state index is 11.9. The summed E-state index contributed by atoms with van der Waals surface area (Å²) < 4.78 is 0. The molecule has 0 unspecified atom stereocenters. The number of amides is 2. The Morgan fingerprint density at radius 3 is 2.33 bits per heavy atom. The Morgan fingerprint density at radius 1 is 1.11 bits per heavy atom. The summed E-state index contributed by atoms with van der Waals surface area (Å²) in [4.78, 5) is 32.3. The lowest BCUT2D eigenvalue weighted by molar-refractivity contribution is -0.123. The molecule has 0 aromatic carbocycles. The van der Waals surface area contributed by atoms with Crippen LogP contribution in [0.4, 0.5) is 0 Å². The molecule has 0 aromatic heterocycles. The van der Waals surface area contributed by atoms with Gasteiger partial charge in [0.2, 0.25) is 11.8 Å². The van der Waals surface area contributed by atoms with E-state index in [4.69, 9.17) is 0 Å². The van der Waals surface area contributed by atoms with Gasteiger partial charge in [0.25, 0.3) is 0 Å². The number of carbonyl (C=O) groups is 2. The number of nitrogens with one attached hydrogen (secondary N) is 3. The van der Waals surface area contributed by atoms with Crippen molar-refractivity contribution in [1.82, 2.24) is 25.8 Å². The highest BCUT2D eigenvalue weighted by molar-refractivity contribution is 14.0. The van der Waals surface area contributed by atoms with Crippen LogP contribution in [-0.2, 0) is 9.59 Å². The Bertz CT molecular complexity index is 502. The van der Waals surface area contributed by atoms with Crippen molar-refractivity contribution in [2.45, 2.75) is 51.6 Å². The van der Waals surface area contributed by atoms with Gasteiger partial charge in [-0.05, 0) is 33.1 Å². The van der Waals surface area contributed by atoms with Crippen molar-refractivity contribution in [3.63, 3.8) is 0 Å². The largest absolute Gasteiger partial charge is 0.356 e. The molecule has 0 atom stereocenters. The molecule has 1 saturated carbocycles. The van der Waals surface area contributed by atoms with Crippen molar-refractivity contribution in [3.05, 3.63) is 0 Å². The van der Waals surface area contributed by atoms with Gasteiger partial charge in [-0.1, -0.05) is 0 Å². The van der Waals surface area contributed by atoms with Crippen molar-refractivity contribution in [3.8, 4) is 0 Å². The lowest BCUT2D eigenvalue weighted by atomic mass is 10.3. The molecule has 1 saturated heterocycles. The van der Waals surface area contributed by atoms with Crippen LogP contribution >= 0.6 is 24.0 Å². The first-order valence-electron chi connectivity index (χ1n) is 9.74. The zero-order valence-corrected chi connectivity index (χ0v) is 19.1. The zero-order chi connectivity index (χ0) is 18.9. The van der Waals surface area contributed by atoms with Crippen LogP contribution in [0.3, 0.4) is 0 Å². The standard InChI is InChI=1S/C18H34N6O2.HI/c1-14(2)21-17(26)13-23-9-11-24(12-10-23)18(19-3)20-8-4-5-16(25)22-15-6-7-15;/h14-15H,4-13H2,1-3H3,(H,19,20)(H,21,26)(H,22,25);1H. The fourth-order valence-electron chi connectivity index (χ4n) is 3.00. The minimum atomic E-state index is 0. The number of carbonyl (C=O) groups excluding carboxylic acids is 2. The fraction of sp³-hybridized carbons (Fsp3) is 0.833. The van der Waals surface area contributed by atoms with E-state index >= 15 is 0 Å². The van der Waals surface area contributed by atoms with Gasteiger partial charge in [0.15, 0.2) is 5.96 Å². The number of hydrogen-bond donors (Lipinski definition) is 3. The molecule has 2 rings (SSSR count). The van der Waals surface area contributed by atoms with E-state index in [2.05, 4.69) is 30.7 Å². The van der Waals surface area contributed by atoms with Crippen molar-refractivity contribution < 1.29 is 9.59 Å². The molecule has 3 N–H and O–H groups in total. The average Bonchev–Trinajstić information content (AvgIpc) is 3.39. The summed E-state index contributed by atoms with van der Waals surface area (Å²) in [7, 11) is 1.78. The van der Waals surface area contributed by atoms with Gasteiger partial charge in [0, 0.05) is 58.3 Å². The maximum Gasteiger partial charge on any atom is 0.234 e. The Kier molecular flexibility index (Phi) is 11.0. The SMILES string of the molecule is CN=C(NCCCC(=O)NC1CC1)N1CCN(CC(=O)NC(C)C)CC1.I. The highest BCUT2D eigenvalue weighted by atomic mass is 127. The monoisotopic (exact) mass is 494 g/mol. The van der Waals surface area contributed by atoms with E-state index in [1.165, 1.54) is 0 Å². The topological polar surface area (TPSA) is 89.1 Å². The first-order valence-corrected chi connectivity index (χ1v) is 9.74. The van der Waals surface area contributed by atoms with Gasteiger partial charge in [-0.15, -0.1) is 24.0 Å². The van der Waals surface area contributed by atoms with Crippen LogP contribution in [0, 0.1) is 0 Å². The molecule has 1 aliphatic carbocycles. The lowest BCUT2D eigenvalue weighted by Crippen LogP contribution is -2.54. The highest BCUT2D eigenvalue weighted by Gasteiger charge is 2.23. The summed E-state index contributed by atoms with van der Waals surface area (Å²) in [5, 5.41) is 9.28. The van der Waals surface area contributed by atoms with Crippen molar-refractivity contribution >= 4 is 41.8 Å². The molecule has 9 heteroatoms. The van der Waals surface area contributed by atoms with Crippen LogP contribution in [0.2, 0.25) is 0 Å². The third kappa shape index (κ3) is 9.59. The van der Waals surface area contributed by atoms with Gasteiger partial charge >= 0.3 is 0 Å². The molecule has 0 aromatic rings. The van der Waals surface area contributed by atoms with Crippen molar-refractivity contribution in [2.75, 3.05) is 46.3 Å². The van der Waals surface area contributed by atoms with E-state index in [9.17, 15) is 9.59 Å². The van der Waals surface area contributed by atoms with E-state index < -0.39 is 0 Å². The molecule has 0 spiro atoms. The Hall–Kier alpha value is -1.10. The van der Waals surface area contributed by atoms with Gasteiger partial charge in [-0.3, -0.25) is 19.5 Å². The van der Waals surface area contributed by atoms with Gasteiger partial charge in [-0.25, -0.2) is 0 Å². The van der Waals surface area contributed by atoms with E-state index in [-0.39, 0.29) is 41.8 Å². The molecular formula is C18H35IN6O2. The van der Waals surface area contributed by atoms with E-state index in [1.54, 1.807) is 7.05 Å². The van der Waals surface area contributed by atoms with Gasteiger partial charge in [0.1, 0.15) is 0 Å². The first-order chi connectivity index (χ1) is 12.5. The second kappa shape index (κ2) is 12.4. The van der Waals surface area contributed by atoms with E-state index in [0.717, 1.165) is 57.9 Å². The summed E-state index contributed by atoms with van der Waals surface area (Å²) in [5.74, 6) is 1.11. The summed E-state index contributed by atoms with van der Waals surface area (Å²) in [6.45, 7) is 8.51. The predicted molar refractivity (Wildman–Crippen MR) is 118 cm³/mol. The number of guanidine groups is 1. The summed E-state index contributed by atoms with van der Waals surface area (Å²) in [6.07, 6.45) is 3.61. The van der Waals surface area contributed by atoms with Crippen LogP contribution in [0.5, 0.6) is 0 Å². The summed E-state index contributed by atoms with van der Waals surface area (Å²) in [5.41, 5.74) is 0. The quantitative estimate of drug-likeness (QED) is 0.197. The predicted octanol–water partition coefficient (Wildman–Crippen LogP) is 0.381. The molecule has 0 radical (unpaired) electrons. The van der Waals surface area contributed by atoms with E-state index in [0.29, 0.717) is 19.0 Å². The number of piperazine rings is 1. The summed E-state index contributed by atoms with van der Waals surface area (Å²) in [6, 6.07) is 0.611. The van der Waals surface area contributed by atoms with Crippen LogP contribution in [0.25, 0.3) is 0 Å². The highest BCUT2D eigenvalue weighted by Crippen LogP contribution is 2.18. The third-order valence-corrected chi connectivity index (χ3v) is 4.51. The summed E-state index contributed by atoms with van der Waals surface area (Å²) >= 11 is 0. The second-order valence-electron chi connectivity index (χ2n) is 7.40. The second-order valence-corrected chi connectivity index (χ2v) is 7.40. The molecule has 2 fully saturated rings. The van der Waals surface area contributed by atoms with Gasteiger partial charge in [-0.2, -0.15) is 0 Å². The molecule has 1 heterocycles.